The van der Waals surface area contributed by atoms with E-state index in [2.05, 4.69) is 114 Å². The minimum Gasteiger partial charge on any atom is -0.436 e. The third-order valence-electron chi connectivity index (χ3n) is 9.52. The number of para-hydroxylation sites is 1. The Balaban J connectivity index is 1.02. The van der Waals surface area contributed by atoms with E-state index in [1.54, 1.807) is 0 Å². The zero-order valence-electron chi connectivity index (χ0n) is 26.4. The van der Waals surface area contributed by atoms with Crippen LogP contribution in [0.4, 0.5) is 11.4 Å². The molecule has 232 valence electrons. The lowest BCUT2D eigenvalue weighted by Crippen LogP contribution is -2.17. The number of hydrogen-bond donors (Lipinski definition) is 2. The summed E-state index contributed by atoms with van der Waals surface area (Å²) in [5, 5.41) is 10.4. The second kappa shape index (κ2) is 11.0. The number of pyridine rings is 2. The van der Waals surface area contributed by atoms with Crippen molar-refractivity contribution in [2.75, 3.05) is 17.2 Å². The average Bonchev–Trinajstić information content (AvgIpc) is 3.63. The predicted molar refractivity (Wildman–Crippen MR) is 200 cm³/mol. The first-order valence-electron chi connectivity index (χ1n) is 16.5. The van der Waals surface area contributed by atoms with Crippen LogP contribution >= 0.6 is 0 Å². The fourth-order valence-corrected chi connectivity index (χ4v) is 7.12. The fraction of sp³-hybridized carbons (Fsp3) is 0.0465. The van der Waals surface area contributed by atoms with Gasteiger partial charge in [0, 0.05) is 39.4 Å². The molecule has 10 rings (SSSR count). The Kier molecular flexibility index (Phi) is 6.21. The topological polar surface area (TPSA) is 75.9 Å². The molecule has 2 aliphatic heterocycles. The van der Waals surface area contributed by atoms with Gasteiger partial charge in [0.05, 0.1) is 40.0 Å². The third-order valence-corrected chi connectivity index (χ3v) is 9.52. The number of benzene rings is 5. The quantitative estimate of drug-likeness (QED) is 0.188. The summed E-state index contributed by atoms with van der Waals surface area (Å²) in [6, 6.07) is 41.5. The van der Waals surface area contributed by atoms with Gasteiger partial charge in [-0.25, -0.2) is 9.97 Å². The largest absolute Gasteiger partial charge is 0.436 e. The van der Waals surface area contributed by atoms with Gasteiger partial charge in [-0.1, -0.05) is 103 Å². The molecule has 0 aliphatic carbocycles. The molecule has 0 fully saturated rings. The highest BCUT2D eigenvalue weighted by Crippen LogP contribution is 2.41. The normalized spacial score (nSPS) is 14.8. The molecule has 0 saturated carbocycles. The van der Waals surface area contributed by atoms with Crippen LogP contribution in [0, 0.1) is 0 Å². The monoisotopic (exact) mass is 631 g/mol. The highest BCUT2D eigenvalue weighted by atomic mass is 16.3. The number of fused-ring (bicyclic) bond motifs is 8. The molecule has 3 aromatic heterocycles. The molecule has 8 aromatic rings. The maximum Gasteiger partial charge on any atom is 0.227 e. The van der Waals surface area contributed by atoms with Crippen LogP contribution in [0.5, 0.6) is 0 Å². The molecule has 5 aromatic carbocycles. The first-order valence-corrected chi connectivity index (χ1v) is 16.5. The molecule has 5 heterocycles. The van der Waals surface area contributed by atoms with E-state index < -0.39 is 0 Å². The molecule has 0 spiro atoms. The molecule has 1 unspecified atom stereocenters. The summed E-state index contributed by atoms with van der Waals surface area (Å²) in [5.41, 5.74) is 13.0. The van der Waals surface area contributed by atoms with Gasteiger partial charge in [0.15, 0.2) is 5.58 Å². The van der Waals surface area contributed by atoms with Gasteiger partial charge in [-0.3, -0.25) is 4.98 Å². The van der Waals surface area contributed by atoms with Crippen LogP contribution in [0.2, 0.25) is 0 Å². The van der Waals surface area contributed by atoms with E-state index in [9.17, 15) is 0 Å². The van der Waals surface area contributed by atoms with Crippen molar-refractivity contribution >= 4 is 56.3 Å². The van der Waals surface area contributed by atoms with E-state index >= 15 is 0 Å². The summed E-state index contributed by atoms with van der Waals surface area (Å²) < 4.78 is 6.26. The van der Waals surface area contributed by atoms with Gasteiger partial charge in [0.25, 0.3) is 0 Å². The Morgan fingerprint density at radius 1 is 0.612 bits per heavy atom. The minimum absolute atomic E-state index is 0.0325. The number of rotatable bonds is 4. The molecule has 49 heavy (non-hydrogen) atoms. The molecule has 0 radical (unpaired) electrons. The zero-order chi connectivity index (χ0) is 32.3. The molecular formula is C43H29N5O. The van der Waals surface area contributed by atoms with Crippen molar-refractivity contribution in [3.8, 4) is 34.0 Å². The second-order valence-electron chi connectivity index (χ2n) is 12.5. The lowest BCUT2D eigenvalue weighted by Gasteiger charge is -2.27. The summed E-state index contributed by atoms with van der Waals surface area (Å²) in [7, 11) is 0. The molecule has 2 N–H and O–H groups in total. The van der Waals surface area contributed by atoms with E-state index in [1.807, 2.05) is 42.5 Å². The van der Waals surface area contributed by atoms with Crippen LogP contribution in [-0.2, 0) is 0 Å². The number of aromatic nitrogens is 3. The fourth-order valence-electron chi connectivity index (χ4n) is 7.12. The van der Waals surface area contributed by atoms with Gasteiger partial charge >= 0.3 is 0 Å². The summed E-state index contributed by atoms with van der Waals surface area (Å²) in [6.45, 7) is 0.827. The van der Waals surface area contributed by atoms with Crippen molar-refractivity contribution in [1.29, 1.82) is 0 Å². The molecular weight excluding hydrogens is 603 g/mol. The SMILES string of the molecule is C1=Cc2ccc3c(c2NC1)NC(c1cccc(-c2ccc(-c4nc5ccccc5c5c4ccc4oc(-c6ccccc6)nc45)cc2)n1)C=C3. The van der Waals surface area contributed by atoms with E-state index in [0.29, 0.717) is 5.89 Å². The van der Waals surface area contributed by atoms with Crippen LogP contribution in [-0.4, -0.2) is 21.5 Å². The molecule has 2 aliphatic rings. The Bertz CT molecular complexity index is 2640. The maximum absolute atomic E-state index is 6.26. The van der Waals surface area contributed by atoms with E-state index in [4.69, 9.17) is 19.4 Å². The van der Waals surface area contributed by atoms with Crippen LogP contribution in [0.25, 0.3) is 78.9 Å². The lowest BCUT2D eigenvalue weighted by molar-refractivity contribution is 0.620. The lowest BCUT2D eigenvalue weighted by atomic mass is 9.97. The van der Waals surface area contributed by atoms with Crippen molar-refractivity contribution in [2.45, 2.75) is 6.04 Å². The first-order chi connectivity index (χ1) is 24.3. The summed E-state index contributed by atoms with van der Waals surface area (Å²) in [6.07, 6.45) is 8.71. The molecule has 0 saturated heterocycles. The number of anilines is 2. The molecule has 6 nitrogen and oxygen atoms in total. The first kappa shape index (κ1) is 27.6. The molecule has 0 amide bonds. The highest BCUT2D eigenvalue weighted by Gasteiger charge is 2.22. The van der Waals surface area contributed by atoms with Crippen LogP contribution in [0.1, 0.15) is 22.9 Å². The number of hydrogen-bond acceptors (Lipinski definition) is 6. The third kappa shape index (κ3) is 4.60. The highest BCUT2D eigenvalue weighted by molar-refractivity contribution is 6.20. The van der Waals surface area contributed by atoms with Gasteiger partial charge < -0.3 is 15.1 Å². The molecule has 6 heteroatoms. The number of oxazole rings is 1. The van der Waals surface area contributed by atoms with Gasteiger partial charge in [-0.2, -0.15) is 0 Å². The van der Waals surface area contributed by atoms with Crippen molar-refractivity contribution in [3.05, 3.63) is 150 Å². The maximum atomic E-state index is 6.26. The van der Waals surface area contributed by atoms with E-state index in [0.717, 1.165) is 84.5 Å². The summed E-state index contributed by atoms with van der Waals surface area (Å²) in [4.78, 5) is 15.3. The van der Waals surface area contributed by atoms with Gasteiger partial charge in [0.1, 0.15) is 5.52 Å². The summed E-state index contributed by atoms with van der Waals surface area (Å²) >= 11 is 0. The van der Waals surface area contributed by atoms with Crippen LogP contribution in [0.15, 0.2) is 138 Å². The second-order valence-corrected chi connectivity index (χ2v) is 12.5. The Hall–Kier alpha value is -6.53. The van der Waals surface area contributed by atoms with Crippen molar-refractivity contribution in [3.63, 3.8) is 0 Å². The van der Waals surface area contributed by atoms with Crippen LogP contribution in [0.3, 0.4) is 0 Å². The standard InChI is InChI=1S/C43H29N5O/c1-2-8-30(9-3-1)43-48-42-37(49-43)24-22-32-38(42)31-11-4-5-12-34(31)46-39(32)28-17-15-26(16-18-28)33-13-6-14-35(45-33)36-23-21-29-20-19-27-10-7-25-44-40(27)41(29)47-36/h1-24,36,44,47H,25H2. The Morgan fingerprint density at radius 2 is 1.43 bits per heavy atom. The van der Waals surface area contributed by atoms with Crippen molar-refractivity contribution < 1.29 is 4.42 Å². The van der Waals surface area contributed by atoms with Gasteiger partial charge in [-0.15, -0.1) is 0 Å². The van der Waals surface area contributed by atoms with Crippen molar-refractivity contribution in [2.24, 2.45) is 0 Å². The zero-order valence-corrected chi connectivity index (χ0v) is 26.4. The minimum atomic E-state index is -0.0325. The molecule has 0 bridgehead atoms. The number of nitrogens with zero attached hydrogens (tertiary/aromatic N) is 3. The van der Waals surface area contributed by atoms with Crippen molar-refractivity contribution in [1.82, 2.24) is 15.0 Å². The Morgan fingerprint density at radius 3 is 2.33 bits per heavy atom. The van der Waals surface area contributed by atoms with E-state index in [1.165, 1.54) is 11.1 Å². The van der Waals surface area contributed by atoms with Gasteiger partial charge in [0.2, 0.25) is 5.89 Å². The smallest absolute Gasteiger partial charge is 0.227 e. The Labute approximate surface area is 282 Å². The molecule has 1 atom stereocenters. The van der Waals surface area contributed by atoms with Gasteiger partial charge in [-0.05, 0) is 53.6 Å². The van der Waals surface area contributed by atoms with Crippen LogP contribution < -0.4 is 10.6 Å². The summed E-state index contributed by atoms with van der Waals surface area (Å²) in [5.74, 6) is 0.612. The van der Waals surface area contributed by atoms with E-state index in [-0.39, 0.29) is 6.04 Å². The predicted octanol–water partition coefficient (Wildman–Crippen LogP) is 10.5. The number of nitrogens with one attached hydrogen (secondary N) is 2. The average molecular weight is 632 g/mol.